The lowest BCUT2D eigenvalue weighted by molar-refractivity contribution is -0.113. The molecule has 4 heteroatoms. The zero-order valence-corrected chi connectivity index (χ0v) is 8.10. The topological polar surface area (TPSA) is 61.6 Å². The van der Waals surface area contributed by atoms with Crippen molar-refractivity contribution >= 4 is 12.0 Å². The number of benzene rings is 1. The van der Waals surface area contributed by atoms with Gasteiger partial charge < -0.3 is 15.2 Å². The lowest BCUT2D eigenvalue weighted by Crippen LogP contribution is -2.15. The largest absolute Gasteiger partial charge is 0.486 e. The Bertz CT molecular complexity index is 412. The predicted molar refractivity (Wildman–Crippen MR) is 55.7 cm³/mol. The molecule has 1 aromatic carbocycles. The van der Waals surface area contributed by atoms with E-state index in [2.05, 4.69) is 0 Å². The molecular formula is C11H11NO3. The molecule has 1 aliphatic heterocycles. The zero-order valence-electron chi connectivity index (χ0n) is 8.10. The average molecular weight is 205 g/mol. The van der Waals surface area contributed by atoms with E-state index in [-0.39, 0.29) is 0 Å². The Kier molecular flexibility index (Phi) is 2.58. The van der Waals surface area contributed by atoms with Crippen LogP contribution in [-0.2, 0) is 4.79 Å². The number of fused-ring (bicyclic) bond motifs is 1. The summed E-state index contributed by atoms with van der Waals surface area (Å²) in [4.78, 5) is 10.5. The first-order valence-electron chi connectivity index (χ1n) is 4.63. The first kappa shape index (κ1) is 9.58. The molecule has 0 spiro atoms. The van der Waals surface area contributed by atoms with Crippen molar-refractivity contribution in [1.82, 2.24) is 0 Å². The highest BCUT2D eigenvalue weighted by atomic mass is 16.6. The molecule has 0 aliphatic carbocycles. The molecular weight excluding hydrogens is 194 g/mol. The number of hydrogen-bond donors (Lipinski definition) is 1. The Hall–Kier alpha value is -1.97. The van der Waals surface area contributed by atoms with E-state index in [9.17, 15) is 4.79 Å². The van der Waals surface area contributed by atoms with Crippen LogP contribution in [-0.4, -0.2) is 19.1 Å². The molecule has 0 saturated heterocycles. The van der Waals surface area contributed by atoms with Crippen molar-refractivity contribution < 1.29 is 14.3 Å². The SMILES string of the molecule is NC(=O)/C=C\c1ccc2c(c1)OCCO2. The third-order valence-electron chi connectivity index (χ3n) is 2.01. The number of amides is 1. The summed E-state index contributed by atoms with van der Waals surface area (Å²) in [5.41, 5.74) is 5.86. The first-order valence-corrected chi connectivity index (χ1v) is 4.63. The van der Waals surface area contributed by atoms with E-state index < -0.39 is 5.91 Å². The molecule has 4 nitrogen and oxygen atoms in total. The van der Waals surface area contributed by atoms with Gasteiger partial charge in [-0.15, -0.1) is 0 Å². The van der Waals surface area contributed by atoms with E-state index in [1.54, 1.807) is 6.08 Å². The Labute approximate surface area is 87.3 Å². The second kappa shape index (κ2) is 4.04. The number of rotatable bonds is 2. The highest BCUT2D eigenvalue weighted by Gasteiger charge is 2.10. The Morgan fingerprint density at radius 2 is 2.00 bits per heavy atom. The summed E-state index contributed by atoms with van der Waals surface area (Å²) in [6.45, 7) is 1.12. The van der Waals surface area contributed by atoms with Crippen molar-refractivity contribution in [2.24, 2.45) is 5.73 Å². The van der Waals surface area contributed by atoms with Gasteiger partial charge in [0, 0.05) is 6.08 Å². The van der Waals surface area contributed by atoms with Crippen LogP contribution in [0, 0.1) is 0 Å². The Morgan fingerprint density at radius 1 is 1.27 bits per heavy atom. The maximum atomic E-state index is 10.5. The van der Waals surface area contributed by atoms with E-state index in [4.69, 9.17) is 15.2 Å². The molecule has 2 rings (SSSR count). The summed E-state index contributed by atoms with van der Waals surface area (Å²) < 4.78 is 10.8. The van der Waals surface area contributed by atoms with Crippen LogP contribution in [0.3, 0.4) is 0 Å². The summed E-state index contributed by atoms with van der Waals surface area (Å²) in [6.07, 6.45) is 2.95. The minimum atomic E-state index is -0.468. The van der Waals surface area contributed by atoms with Crippen LogP contribution >= 0.6 is 0 Å². The smallest absolute Gasteiger partial charge is 0.241 e. The van der Waals surface area contributed by atoms with Crippen LogP contribution in [0.15, 0.2) is 24.3 Å². The van der Waals surface area contributed by atoms with Crippen LogP contribution in [0.4, 0.5) is 0 Å². The summed E-state index contributed by atoms with van der Waals surface area (Å²) in [7, 11) is 0. The van der Waals surface area contributed by atoms with Gasteiger partial charge in [0.2, 0.25) is 5.91 Å². The summed E-state index contributed by atoms with van der Waals surface area (Å²) in [5.74, 6) is 0.968. The van der Waals surface area contributed by atoms with Crippen LogP contribution in [0.1, 0.15) is 5.56 Å². The minimum Gasteiger partial charge on any atom is -0.486 e. The van der Waals surface area contributed by atoms with Crippen LogP contribution < -0.4 is 15.2 Å². The molecule has 0 saturated carbocycles. The summed E-state index contributed by atoms with van der Waals surface area (Å²) in [6, 6.07) is 5.47. The standard InChI is InChI=1S/C11H11NO3/c12-11(13)4-2-8-1-3-9-10(7-8)15-6-5-14-9/h1-4,7H,5-6H2,(H2,12,13)/b4-2-. The van der Waals surface area contributed by atoms with Crippen molar-refractivity contribution in [1.29, 1.82) is 0 Å². The van der Waals surface area contributed by atoms with Gasteiger partial charge in [-0.25, -0.2) is 0 Å². The molecule has 1 aromatic rings. The van der Waals surface area contributed by atoms with Crippen molar-refractivity contribution in [2.45, 2.75) is 0 Å². The van der Waals surface area contributed by atoms with Gasteiger partial charge >= 0.3 is 0 Å². The van der Waals surface area contributed by atoms with Gasteiger partial charge in [-0.3, -0.25) is 4.79 Å². The monoisotopic (exact) mass is 205 g/mol. The quantitative estimate of drug-likeness (QED) is 0.731. The zero-order chi connectivity index (χ0) is 10.7. The maximum absolute atomic E-state index is 10.5. The number of hydrogen-bond acceptors (Lipinski definition) is 3. The molecule has 0 radical (unpaired) electrons. The van der Waals surface area contributed by atoms with Crippen molar-refractivity contribution in [2.75, 3.05) is 13.2 Å². The molecule has 0 aromatic heterocycles. The van der Waals surface area contributed by atoms with Crippen molar-refractivity contribution in [3.05, 3.63) is 29.8 Å². The summed E-state index contributed by atoms with van der Waals surface area (Å²) in [5, 5.41) is 0. The second-order valence-electron chi connectivity index (χ2n) is 3.14. The molecule has 2 N–H and O–H groups in total. The molecule has 1 aliphatic rings. The number of carbonyl (C=O) groups is 1. The summed E-state index contributed by atoms with van der Waals surface area (Å²) >= 11 is 0. The Balaban J connectivity index is 2.24. The van der Waals surface area contributed by atoms with Gasteiger partial charge in [0.15, 0.2) is 11.5 Å². The lowest BCUT2D eigenvalue weighted by atomic mass is 10.2. The molecule has 1 heterocycles. The molecule has 0 bridgehead atoms. The van der Waals surface area contributed by atoms with Gasteiger partial charge in [-0.1, -0.05) is 6.07 Å². The predicted octanol–water partition coefficient (Wildman–Crippen LogP) is 0.956. The maximum Gasteiger partial charge on any atom is 0.241 e. The van der Waals surface area contributed by atoms with Crippen molar-refractivity contribution in [3.8, 4) is 11.5 Å². The molecule has 78 valence electrons. The van der Waals surface area contributed by atoms with Crippen molar-refractivity contribution in [3.63, 3.8) is 0 Å². The molecule has 0 unspecified atom stereocenters. The minimum absolute atomic E-state index is 0.468. The third-order valence-corrected chi connectivity index (χ3v) is 2.01. The number of primary amides is 1. The van der Waals surface area contributed by atoms with Crippen LogP contribution in [0.25, 0.3) is 6.08 Å². The van der Waals surface area contributed by atoms with Gasteiger partial charge in [-0.05, 0) is 23.8 Å². The fourth-order valence-electron chi connectivity index (χ4n) is 1.34. The first-order chi connectivity index (χ1) is 7.25. The van der Waals surface area contributed by atoms with E-state index in [0.29, 0.717) is 19.0 Å². The molecule has 0 atom stereocenters. The van der Waals surface area contributed by atoms with Crippen LogP contribution in [0.2, 0.25) is 0 Å². The molecule has 0 fully saturated rings. The second-order valence-corrected chi connectivity index (χ2v) is 3.14. The molecule has 1 amide bonds. The number of ether oxygens (including phenoxy) is 2. The van der Waals surface area contributed by atoms with E-state index in [1.807, 2.05) is 18.2 Å². The number of carbonyl (C=O) groups excluding carboxylic acids is 1. The highest BCUT2D eigenvalue weighted by Crippen LogP contribution is 2.30. The van der Waals surface area contributed by atoms with E-state index in [0.717, 1.165) is 11.3 Å². The number of nitrogens with two attached hydrogens (primary N) is 1. The fraction of sp³-hybridized carbons (Fsp3) is 0.182. The third kappa shape index (κ3) is 2.28. The van der Waals surface area contributed by atoms with Gasteiger partial charge in [0.25, 0.3) is 0 Å². The van der Waals surface area contributed by atoms with Crippen LogP contribution in [0.5, 0.6) is 11.5 Å². The highest BCUT2D eigenvalue weighted by molar-refractivity contribution is 5.90. The lowest BCUT2D eigenvalue weighted by Gasteiger charge is -2.18. The fourth-order valence-corrected chi connectivity index (χ4v) is 1.34. The average Bonchev–Trinajstić information content (AvgIpc) is 2.26. The van der Waals surface area contributed by atoms with Gasteiger partial charge in [0.05, 0.1) is 0 Å². The van der Waals surface area contributed by atoms with Gasteiger partial charge in [-0.2, -0.15) is 0 Å². The van der Waals surface area contributed by atoms with Gasteiger partial charge in [0.1, 0.15) is 13.2 Å². The molecule has 15 heavy (non-hydrogen) atoms. The normalized spacial score (nSPS) is 14.1. The van der Waals surface area contributed by atoms with E-state index in [1.165, 1.54) is 6.08 Å². The van der Waals surface area contributed by atoms with E-state index >= 15 is 0 Å². The Morgan fingerprint density at radius 3 is 2.73 bits per heavy atom.